The van der Waals surface area contributed by atoms with Crippen LogP contribution in [0.15, 0.2) is 77.2 Å². The molecule has 24 heavy (non-hydrogen) atoms. The van der Waals surface area contributed by atoms with Crippen LogP contribution in [-0.2, 0) is 17.8 Å². The molecule has 3 nitrogen and oxygen atoms in total. The van der Waals surface area contributed by atoms with Crippen LogP contribution < -0.4 is 0 Å². The highest BCUT2D eigenvalue weighted by atomic mass is 16.3. The van der Waals surface area contributed by atoms with Crippen molar-refractivity contribution in [1.82, 2.24) is 4.90 Å². The van der Waals surface area contributed by atoms with Gasteiger partial charge in [-0.2, -0.15) is 0 Å². The Kier molecular flexibility index (Phi) is 5.12. The van der Waals surface area contributed by atoms with Crippen LogP contribution in [0.3, 0.4) is 0 Å². The Morgan fingerprint density at radius 3 is 2.29 bits per heavy atom. The summed E-state index contributed by atoms with van der Waals surface area (Å²) in [5.74, 6) is 1.81. The SMILES string of the molecule is CN(Cc1ccccc1)C(=O)CCc1ccc(-c2ccccc2)o1. The number of benzene rings is 2. The van der Waals surface area contributed by atoms with Gasteiger partial charge < -0.3 is 9.32 Å². The van der Waals surface area contributed by atoms with Crippen molar-refractivity contribution in [2.45, 2.75) is 19.4 Å². The molecule has 3 heteroatoms. The van der Waals surface area contributed by atoms with Gasteiger partial charge in [-0.15, -0.1) is 0 Å². The Morgan fingerprint density at radius 2 is 1.58 bits per heavy atom. The molecule has 0 atom stereocenters. The van der Waals surface area contributed by atoms with Gasteiger partial charge in [-0.25, -0.2) is 0 Å². The second-order valence-electron chi connectivity index (χ2n) is 5.87. The second kappa shape index (κ2) is 7.64. The lowest BCUT2D eigenvalue weighted by Gasteiger charge is -2.16. The van der Waals surface area contributed by atoms with E-state index in [1.165, 1.54) is 0 Å². The van der Waals surface area contributed by atoms with Gasteiger partial charge in [0.1, 0.15) is 11.5 Å². The Labute approximate surface area is 142 Å². The molecule has 0 fully saturated rings. The van der Waals surface area contributed by atoms with Gasteiger partial charge >= 0.3 is 0 Å². The lowest BCUT2D eigenvalue weighted by atomic mass is 10.2. The highest BCUT2D eigenvalue weighted by Crippen LogP contribution is 2.22. The number of nitrogens with zero attached hydrogens (tertiary/aromatic N) is 1. The van der Waals surface area contributed by atoms with Crippen LogP contribution >= 0.6 is 0 Å². The summed E-state index contributed by atoms with van der Waals surface area (Å²) >= 11 is 0. The molecule has 1 amide bonds. The van der Waals surface area contributed by atoms with Crippen molar-refractivity contribution in [1.29, 1.82) is 0 Å². The fraction of sp³-hybridized carbons (Fsp3) is 0.190. The lowest BCUT2D eigenvalue weighted by Crippen LogP contribution is -2.26. The summed E-state index contributed by atoms with van der Waals surface area (Å²) in [5.41, 5.74) is 2.19. The zero-order valence-electron chi connectivity index (χ0n) is 13.8. The predicted octanol–water partition coefficient (Wildman–Crippen LogP) is 4.54. The summed E-state index contributed by atoms with van der Waals surface area (Å²) in [6.07, 6.45) is 1.07. The summed E-state index contributed by atoms with van der Waals surface area (Å²) in [7, 11) is 1.84. The van der Waals surface area contributed by atoms with Gasteiger partial charge in [0.25, 0.3) is 0 Å². The molecule has 0 aliphatic carbocycles. The second-order valence-corrected chi connectivity index (χ2v) is 5.87. The number of hydrogen-bond donors (Lipinski definition) is 0. The van der Waals surface area contributed by atoms with E-state index in [-0.39, 0.29) is 5.91 Å². The van der Waals surface area contributed by atoms with Crippen molar-refractivity contribution >= 4 is 5.91 Å². The number of amides is 1. The van der Waals surface area contributed by atoms with Gasteiger partial charge in [-0.1, -0.05) is 60.7 Å². The van der Waals surface area contributed by atoms with E-state index in [0.717, 1.165) is 22.6 Å². The minimum Gasteiger partial charge on any atom is -0.461 e. The Bertz CT molecular complexity index is 778. The number of furan rings is 1. The Balaban J connectivity index is 1.54. The summed E-state index contributed by atoms with van der Waals surface area (Å²) in [6, 6.07) is 23.9. The molecule has 0 aliphatic heterocycles. The van der Waals surface area contributed by atoms with Crippen molar-refractivity contribution < 1.29 is 9.21 Å². The van der Waals surface area contributed by atoms with E-state index >= 15 is 0 Å². The molecule has 2 aromatic carbocycles. The quantitative estimate of drug-likeness (QED) is 0.668. The van der Waals surface area contributed by atoms with E-state index in [9.17, 15) is 4.79 Å². The van der Waals surface area contributed by atoms with Crippen LogP contribution in [0, 0.1) is 0 Å². The normalized spacial score (nSPS) is 10.5. The highest BCUT2D eigenvalue weighted by Gasteiger charge is 2.11. The zero-order valence-corrected chi connectivity index (χ0v) is 13.8. The first kappa shape index (κ1) is 16.1. The van der Waals surface area contributed by atoms with Crippen LogP contribution in [0.4, 0.5) is 0 Å². The minimum atomic E-state index is 0.122. The molecule has 0 unspecified atom stereocenters. The van der Waals surface area contributed by atoms with E-state index in [1.54, 1.807) is 4.90 Å². The van der Waals surface area contributed by atoms with E-state index in [4.69, 9.17) is 4.42 Å². The summed E-state index contributed by atoms with van der Waals surface area (Å²) in [5, 5.41) is 0. The van der Waals surface area contributed by atoms with Gasteiger partial charge in [-0.05, 0) is 17.7 Å². The lowest BCUT2D eigenvalue weighted by molar-refractivity contribution is -0.130. The minimum absolute atomic E-state index is 0.122. The first-order chi connectivity index (χ1) is 11.7. The van der Waals surface area contributed by atoms with E-state index in [0.29, 0.717) is 19.4 Å². The van der Waals surface area contributed by atoms with Crippen molar-refractivity contribution in [3.8, 4) is 11.3 Å². The highest BCUT2D eigenvalue weighted by molar-refractivity contribution is 5.76. The van der Waals surface area contributed by atoms with Crippen molar-refractivity contribution in [2.24, 2.45) is 0 Å². The maximum Gasteiger partial charge on any atom is 0.223 e. The third-order valence-corrected chi connectivity index (χ3v) is 3.99. The average Bonchev–Trinajstić information content (AvgIpc) is 3.10. The fourth-order valence-corrected chi connectivity index (χ4v) is 2.64. The van der Waals surface area contributed by atoms with Gasteiger partial charge in [0.05, 0.1) is 0 Å². The zero-order chi connectivity index (χ0) is 16.8. The molecule has 3 rings (SSSR count). The molecule has 0 radical (unpaired) electrons. The first-order valence-electron chi connectivity index (χ1n) is 8.14. The number of carbonyl (C=O) groups is 1. The Hall–Kier alpha value is -2.81. The molecule has 122 valence electrons. The summed E-state index contributed by atoms with van der Waals surface area (Å²) in [6.45, 7) is 0.632. The van der Waals surface area contributed by atoms with Crippen molar-refractivity contribution in [3.05, 3.63) is 84.1 Å². The third kappa shape index (κ3) is 4.13. The molecule has 0 saturated heterocycles. The van der Waals surface area contributed by atoms with E-state index < -0.39 is 0 Å². The van der Waals surface area contributed by atoms with Crippen LogP contribution in [0.1, 0.15) is 17.7 Å². The van der Waals surface area contributed by atoms with Crippen LogP contribution in [0.5, 0.6) is 0 Å². The fourth-order valence-electron chi connectivity index (χ4n) is 2.64. The molecule has 3 aromatic rings. The predicted molar refractivity (Wildman–Crippen MR) is 95.4 cm³/mol. The molecule has 1 heterocycles. The van der Waals surface area contributed by atoms with E-state index in [2.05, 4.69) is 0 Å². The van der Waals surface area contributed by atoms with Crippen molar-refractivity contribution in [3.63, 3.8) is 0 Å². The number of carbonyl (C=O) groups excluding carboxylic acids is 1. The molecule has 0 N–H and O–H groups in total. The largest absolute Gasteiger partial charge is 0.461 e. The van der Waals surface area contributed by atoms with Crippen LogP contribution in [0.25, 0.3) is 11.3 Å². The molecule has 0 spiro atoms. The topological polar surface area (TPSA) is 33.5 Å². The van der Waals surface area contributed by atoms with Gasteiger partial charge in [0, 0.05) is 32.0 Å². The maximum atomic E-state index is 12.3. The van der Waals surface area contributed by atoms with Gasteiger partial charge in [0.2, 0.25) is 5.91 Å². The number of rotatable bonds is 6. The molecule has 0 aliphatic rings. The van der Waals surface area contributed by atoms with Crippen LogP contribution in [0.2, 0.25) is 0 Å². The van der Waals surface area contributed by atoms with Gasteiger partial charge in [0.15, 0.2) is 0 Å². The standard InChI is InChI=1S/C21H21NO2/c1-22(16-17-8-4-2-5-9-17)21(23)15-13-19-12-14-20(24-19)18-10-6-3-7-11-18/h2-12,14H,13,15-16H2,1H3. The summed E-state index contributed by atoms with van der Waals surface area (Å²) < 4.78 is 5.85. The number of aryl methyl sites for hydroxylation is 1. The molecule has 0 bridgehead atoms. The maximum absolute atomic E-state index is 12.3. The van der Waals surface area contributed by atoms with Crippen LogP contribution in [-0.4, -0.2) is 17.9 Å². The molecule has 0 saturated carbocycles. The van der Waals surface area contributed by atoms with Crippen molar-refractivity contribution in [2.75, 3.05) is 7.05 Å². The third-order valence-electron chi connectivity index (χ3n) is 3.99. The number of hydrogen-bond acceptors (Lipinski definition) is 2. The van der Waals surface area contributed by atoms with E-state index in [1.807, 2.05) is 79.8 Å². The molecular weight excluding hydrogens is 298 g/mol. The molecular formula is C21H21NO2. The summed E-state index contributed by atoms with van der Waals surface area (Å²) in [4.78, 5) is 14.0. The monoisotopic (exact) mass is 319 g/mol. The smallest absolute Gasteiger partial charge is 0.223 e. The first-order valence-corrected chi connectivity index (χ1v) is 8.14. The average molecular weight is 319 g/mol. The van der Waals surface area contributed by atoms with Gasteiger partial charge in [-0.3, -0.25) is 4.79 Å². The molecule has 1 aromatic heterocycles. The Morgan fingerprint density at radius 1 is 0.917 bits per heavy atom.